The van der Waals surface area contributed by atoms with Gasteiger partial charge < -0.3 is 5.32 Å². The Labute approximate surface area is 120 Å². The molecule has 108 valence electrons. The van der Waals surface area contributed by atoms with Crippen molar-refractivity contribution in [3.8, 4) is 6.07 Å². The third-order valence-electron chi connectivity index (χ3n) is 3.10. The lowest BCUT2D eigenvalue weighted by atomic mass is 10.2. The van der Waals surface area contributed by atoms with Crippen LogP contribution in [-0.2, 0) is 15.8 Å². The van der Waals surface area contributed by atoms with Crippen LogP contribution in [0.2, 0.25) is 0 Å². The van der Waals surface area contributed by atoms with Crippen molar-refractivity contribution in [1.29, 1.82) is 5.26 Å². The Morgan fingerprint density at radius 2 is 2.10 bits per heavy atom. The summed E-state index contributed by atoms with van der Waals surface area (Å²) < 4.78 is 26.4. The molecule has 0 atom stereocenters. The van der Waals surface area contributed by atoms with E-state index in [2.05, 4.69) is 10.0 Å². The summed E-state index contributed by atoms with van der Waals surface area (Å²) in [6.07, 6.45) is 3.26. The summed E-state index contributed by atoms with van der Waals surface area (Å²) >= 11 is 0. The second-order valence-electron chi connectivity index (χ2n) is 5.05. The maximum atomic E-state index is 11.9. The van der Waals surface area contributed by atoms with Crippen LogP contribution in [0.1, 0.15) is 30.4 Å². The van der Waals surface area contributed by atoms with E-state index in [1.807, 2.05) is 6.07 Å². The smallest absolute Gasteiger partial charge is 0.215 e. The van der Waals surface area contributed by atoms with Crippen molar-refractivity contribution in [2.75, 3.05) is 13.1 Å². The van der Waals surface area contributed by atoms with Gasteiger partial charge in [-0.15, -0.1) is 0 Å². The summed E-state index contributed by atoms with van der Waals surface area (Å²) in [5, 5.41) is 12.1. The molecule has 1 aromatic rings. The molecule has 1 aromatic carbocycles. The number of nitrogens with zero attached hydrogens (tertiary/aromatic N) is 1. The molecule has 6 heteroatoms. The average molecular weight is 293 g/mol. The SMILES string of the molecule is N#Cc1cccc(CS(=O)(=O)NCCCNC2CC2)c1. The molecule has 0 heterocycles. The zero-order valence-electron chi connectivity index (χ0n) is 11.3. The molecule has 2 N–H and O–H groups in total. The van der Waals surface area contributed by atoms with Crippen LogP contribution in [0.25, 0.3) is 0 Å². The van der Waals surface area contributed by atoms with Crippen LogP contribution in [-0.4, -0.2) is 27.5 Å². The molecule has 1 fully saturated rings. The minimum atomic E-state index is -3.33. The minimum Gasteiger partial charge on any atom is -0.314 e. The van der Waals surface area contributed by atoms with E-state index in [1.54, 1.807) is 24.3 Å². The highest BCUT2D eigenvalue weighted by molar-refractivity contribution is 7.88. The third kappa shape index (κ3) is 5.29. The molecule has 0 bridgehead atoms. The van der Waals surface area contributed by atoms with Crippen molar-refractivity contribution >= 4 is 10.0 Å². The van der Waals surface area contributed by atoms with Crippen molar-refractivity contribution in [1.82, 2.24) is 10.0 Å². The van der Waals surface area contributed by atoms with E-state index in [4.69, 9.17) is 5.26 Å². The second kappa shape index (κ2) is 6.84. The quantitative estimate of drug-likeness (QED) is 0.704. The number of benzene rings is 1. The fourth-order valence-electron chi connectivity index (χ4n) is 1.91. The Bertz CT molecular complexity index is 589. The normalized spacial score (nSPS) is 14.9. The van der Waals surface area contributed by atoms with Crippen LogP contribution >= 0.6 is 0 Å². The molecule has 0 aliphatic heterocycles. The minimum absolute atomic E-state index is 0.0847. The average Bonchev–Trinajstić information content (AvgIpc) is 3.22. The van der Waals surface area contributed by atoms with Gasteiger partial charge >= 0.3 is 0 Å². The van der Waals surface area contributed by atoms with Gasteiger partial charge in [0, 0.05) is 12.6 Å². The molecule has 0 unspecified atom stereocenters. The molecule has 0 saturated heterocycles. The third-order valence-corrected chi connectivity index (χ3v) is 4.46. The lowest BCUT2D eigenvalue weighted by molar-refractivity contribution is 0.572. The standard InChI is InChI=1S/C14H19N3O2S/c15-10-12-3-1-4-13(9-12)11-20(18,19)17-8-2-7-16-14-5-6-14/h1,3-4,9,14,16-17H,2,5-8,11H2. The predicted molar refractivity (Wildman–Crippen MR) is 77.4 cm³/mol. The molecule has 1 saturated carbocycles. The Balaban J connectivity index is 1.75. The van der Waals surface area contributed by atoms with Gasteiger partial charge in [0.25, 0.3) is 0 Å². The van der Waals surface area contributed by atoms with E-state index in [-0.39, 0.29) is 5.75 Å². The van der Waals surface area contributed by atoms with Crippen molar-refractivity contribution < 1.29 is 8.42 Å². The molecule has 5 nitrogen and oxygen atoms in total. The summed E-state index contributed by atoms with van der Waals surface area (Å²) in [6.45, 7) is 1.29. The number of sulfonamides is 1. The summed E-state index contributed by atoms with van der Waals surface area (Å²) in [5.74, 6) is -0.0847. The van der Waals surface area contributed by atoms with E-state index in [1.165, 1.54) is 12.8 Å². The first-order valence-electron chi connectivity index (χ1n) is 6.79. The zero-order chi connectivity index (χ0) is 14.4. The second-order valence-corrected chi connectivity index (χ2v) is 6.85. The Kier molecular flexibility index (Phi) is 5.12. The fraction of sp³-hybridized carbons (Fsp3) is 0.500. The summed E-state index contributed by atoms with van der Waals surface area (Å²) in [5.41, 5.74) is 1.11. The summed E-state index contributed by atoms with van der Waals surface area (Å²) in [6, 6.07) is 9.34. The Morgan fingerprint density at radius 3 is 2.80 bits per heavy atom. The van der Waals surface area contributed by atoms with Gasteiger partial charge in [-0.25, -0.2) is 13.1 Å². The highest BCUT2D eigenvalue weighted by Gasteiger charge is 2.19. The highest BCUT2D eigenvalue weighted by atomic mass is 32.2. The monoisotopic (exact) mass is 293 g/mol. The lowest BCUT2D eigenvalue weighted by Gasteiger charge is -2.07. The number of nitrogens with one attached hydrogen (secondary N) is 2. The topological polar surface area (TPSA) is 82.0 Å². The molecule has 0 amide bonds. The van der Waals surface area contributed by atoms with Gasteiger partial charge in [-0.2, -0.15) is 5.26 Å². The number of rotatable bonds is 8. The molecule has 0 aromatic heterocycles. The van der Waals surface area contributed by atoms with Crippen molar-refractivity contribution in [3.63, 3.8) is 0 Å². The van der Waals surface area contributed by atoms with Crippen LogP contribution in [0.4, 0.5) is 0 Å². The number of hydrogen-bond donors (Lipinski definition) is 2. The summed E-state index contributed by atoms with van der Waals surface area (Å²) in [4.78, 5) is 0. The van der Waals surface area contributed by atoms with Gasteiger partial charge in [0.05, 0.1) is 17.4 Å². The van der Waals surface area contributed by atoms with Gasteiger partial charge in [-0.05, 0) is 43.5 Å². The maximum Gasteiger partial charge on any atom is 0.215 e. The van der Waals surface area contributed by atoms with Crippen LogP contribution < -0.4 is 10.0 Å². The first kappa shape index (κ1) is 15.0. The molecule has 1 aliphatic carbocycles. The molecule has 0 spiro atoms. The van der Waals surface area contributed by atoms with Gasteiger partial charge in [0.2, 0.25) is 10.0 Å². The van der Waals surface area contributed by atoms with Gasteiger partial charge in [0.1, 0.15) is 0 Å². The van der Waals surface area contributed by atoms with Crippen molar-refractivity contribution in [2.45, 2.75) is 31.1 Å². The highest BCUT2D eigenvalue weighted by Crippen LogP contribution is 2.18. The Hall–Kier alpha value is -1.42. The zero-order valence-corrected chi connectivity index (χ0v) is 12.1. The lowest BCUT2D eigenvalue weighted by Crippen LogP contribution is -2.29. The molecule has 0 radical (unpaired) electrons. The van der Waals surface area contributed by atoms with Crippen molar-refractivity contribution in [3.05, 3.63) is 35.4 Å². The van der Waals surface area contributed by atoms with Gasteiger partial charge in [-0.1, -0.05) is 12.1 Å². The van der Waals surface area contributed by atoms with Gasteiger partial charge in [0.15, 0.2) is 0 Å². The van der Waals surface area contributed by atoms with Crippen LogP contribution in [0, 0.1) is 11.3 Å². The summed E-state index contributed by atoms with van der Waals surface area (Å²) in [7, 11) is -3.33. The van der Waals surface area contributed by atoms with E-state index < -0.39 is 10.0 Å². The molecule has 2 rings (SSSR count). The van der Waals surface area contributed by atoms with Crippen LogP contribution in [0.5, 0.6) is 0 Å². The Morgan fingerprint density at radius 1 is 1.30 bits per heavy atom. The maximum absolute atomic E-state index is 11.9. The van der Waals surface area contributed by atoms with E-state index in [0.29, 0.717) is 23.7 Å². The number of hydrogen-bond acceptors (Lipinski definition) is 4. The van der Waals surface area contributed by atoms with Gasteiger partial charge in [-0.3, -0.25) is 0 Å². The van der Waals surface area contributed by atoms with E-state index >= 15 is 0 Å². The largest absolute Gasteiger partial charge is 0.314 e. The molecule has 1 aliphatic rings. The predicted octanol–water partition coefficient (Wildman–Crippen LogP) is 1.12. The fourth-order valence-corrected chi connectivity index (χ4v) is 3.09. The van der Waals surface area contributed by atoms with Crippen molar-refractivity contribution in [2.24, 2.45) is 0 Å². The molecule has 20 heavy (non-hydrogen) atoms. The number of nitriles is 1. The van der Waals surface area contributed by atoms with E-state index in [9.17, 15) is 8.42 Å². The first-order valence-corrected chi connectivity index (χ1v) is 8.44. The molecular weight excluding hydrogens is 274 g/mol. The first-order chi connectivity index (χ1) is 9.59. The van der Waals surface area contributed by atoms with Crippen LogP contribution in [0.15, 0.2) is 24.3 Å². The van der Waals surface area contributed by atoms with Crippen LogP contribution in [0.3, 0.4) is 0 Å². The molecular formula is C14H19N3O2S. The van der Waals surface area contributed by atoms with E-state index in [0.717, 1.165) is 13.0 Å².